The highest BCUT2D eigenvalue weighted by Crippen LogP contribution is 2.32. The molecule has 0 radical (unpaired) electrons. The van der Waals surface area contributed by atoms with Crippen molar-refractivity contribution in [2.24, 2.45) is 0 Å². The first-order valence-corrected chi connectivity index (χ1v) is 9.74. The summed E-state index contributed by atoms with van der Waals surface area (Å²) in [6.45, 7) is 1.04. The third-order valence-corrected chi connectivity index (χ3v) is 6.72. The van der Waals surface area contributed by atoms with Crippen molar-refractivity contribution in [3.05, 3.63) is 60.3 Å². The molecule has 0 aliphatic carbocycles. The molecule has 4 rings (SSSR count). The molecule has 5 nitrogen and oxygen atoms in total. The molecule has 3 aromatic rings. The molecule has 25 heavy (non-hydrogen) atoms. The number of hydrogen-bond donors (Lipinski definition) is 1. The number of nitrogens with zero attached hydrogens (tertiary/aromatic N) is 1. The summed E-state index contributed by atoms with van der Waals surface area (Å²) in [5.74, 6) is 0.844. The number of nitrogens with one attached hydrogen (secondary N) is 1. The van der Waals surface area contributed by atoms with Crippen molar-refractivity contribution in [3.8, 4) is 5.75 Å². The summed E-state index contributed by atoms with van der Waals surface area (Å²) in [6.07, 6.45) is 0.822. The van der Waals surface area contributed by atoms with E-state index in [1.165, 1.54) is 0 Å². The van der Waals surface area contributed by atoms with Gasteiger partial charge in [0.25, 0.3) is 0 Å². The Labute approximate surface area is 147 Å². The number of aromatic amines is 1. The number of aromatic nitrogens is 1. The molecular formula is C19H20N2O3S. The molecule has 130 valence electrons. The Balaban J connectivity index is 1.56. The van der Waals surface area contributed by atoms with Crippen molar-refractivity contribution in [1.29, 1.82) is 0 Å². The van der Waals surface area contributed by atoms with Gasteiger partial charge in [-0.1, -0.05) is 18.2 Å². The SMILES string of the molecule is COc1ccc(S(=O)(=O)N2CCC(c3cc4ccccc4[nH]3)C2)cc1. The summed E-state index contributed by atoms with van der Waals surface area (Å²) in [7, 11) is -1.91. The number of hydrogen-bond acceptors (Lipinski definition) is 3. The van der Waals surface area contributed by atoms with Gasteiger partial charge in [-0.3, -0.25) is 0 Å². The highest BCUT2D eigenvalue weighted by Gasteiger charge is 2.33. The maximum absolute atomic E-state index is 12.9. The van der Waals surface area contributed by atoms with Gasteiger partial charge in [-0.05, 0) is 48.2 Å². The minimum atomic E-state index is -3.47. The van der Waals surface area contributed by atoms with Gasteiger partial charge in [-0.25, -0.2) is 8.42 Å². The lowest BCUT2D eigenvalue weighted by molar-refractivity contribution is 0.414. The van der Waals surface area contributed by atoms with Crippen LogP contribution >= 0.6 is 0 Å². The average Bonchev–Trinajstić information content (AvgIpc) is 3.28. The Hall–Kier alpha value is -2.31. The number of benzene rings is 2. The summed E-state index contributed by atoms with van der Waals surface area (Å²) >= 11 is 0. The lowest BCUT2D eigenvalue weighted by Gasteiger charge is -2.16. The van der Waals surface area contributed by atoms with Crippen molar-refractivity contribution in [3.63, 3.8) is 0 Å². The molecule has 0 spiro atoms. The van der Waals surface area contributed by atoms with Crippen molar-refractivity contribution < 1.29 is 13.2 Å². The number of sulfonamides is 1. The average molecular weight is 356 g/mol. The van der Waals surface area contributed by atoms with E-state index in [0.717, 1.165) is 23.0 Å². The topological polar surface area (TPSA) is 62.4 Å². The summed E-state index contributed by atoms with van der Waals surface area (Å²) in [6, 6.07) is 16.8. The molecular weight excluding hydrogens is 336 g/mol. The van der Waals surface area contributed by atoms with E-state index in [1.807, 2.05) is 18.2 Å². The molecule has 1 saturated heterocycles. The minimum Gasteiger partial charge on any atom is -0.497 e. The second-order valence-electron chi connectivity index (χ2n) is 6.34. The first-order valence-electron chi connectivity index (χ1n) is 8.30. The van der Waals surface area contributed by atoms with Crippen LogP contribution in [-0.4, -0.2) is 37.9 Å². The van der Waals surface area contributed by atoms with E-state index >= 15 is 0 Å². The molecule has 1 aromatic heterocycles. The number of methoxy groups -OCH3 is 1. The van der Waals surface area contributed by atoms with Gasteiger partial charge in [0.2, 0.25) is 10.0 Å². The first-order chi connectivity index (χ1) is 12.1. The van der Waals surface area contributed by atoms with Gasteiger partial charge in [0.15, 0.2) is 0 Å². The molecule has 2 aromatic carbocycles. The van der Waals surface area contributed by atoms with E-state index < -0.39 is 10.0 Å². The Morgan fingerprint density at radius 2 is 1.88 bits per heavy atom. The van der Waals surface area contributed by atoms with Gasteiger partial charge in [0.1, 0.15) is 5.75 Å². The van der Waals surface area contributed by atoms with Gasteiger partial charge in [-0.15, -0.1) is 0 Å². The predicted molar refractivity (Wildman–Crippen MR) is 97.4 cm³/mol. The third kappa shape index (κ3) is 2.92. The van der Waals surface area contributed by atoms with Crippen LogP contribution in [0.3, 0.4) is 0 Å². The number of rotatable bonds is 4. The van der Waals surface area contributed by atoms with Gasteiger partial charge in [0, 0.05) is 30.2 Å². The fraction of sp³-hybridized carbons (Fsp3) is 0.263. The fourth-order valence-electron chi connectivity index (χ4n) is 3.41. The third-order valence-electron chi connectivity index (χ3n) is 4.84. The normalized spacial score (nSPS) is 18.7. The Morgan fingerprint density at radius 3 is 2.60 bits per heavy atom. The monoisotopic (exact) mass is 356 g/mol. The van der Waals surface area contributed by atoms with Crippen LogP contribution in [0.5, 0.6) is 5.75 Å². The summed E-state index contributed by atoms with van der Waals surface area (Å²) in [5.41, 5.74) is 2.20. The molecule has 1 N–H and O–H groups in total. The van der Waals surface area contributed by atoms with Crippen LogP contribution < -0.4 is 4.74 Å². The molecule has 0 amide bonds. The molecule has 1 aliphatic heterocycles. The Kier molecular flexibility index (Phi) is 4.01. The van der Waals surface area contributed by atoms with Crippen LogP contribution in [0.2, 0.25) is 0 Å². The zero-order valence-electron chi connectivity index (χ0n) is 14.0. The fourth-order valence-corrected chi connectivity index (χ4v) is 4.91. The summed E-state index contributed by atoms with van der Waals surface area (Å²) in [5, 5.41) is 1.16. The number of para-hydroxylation sites is 1. The number of fused-ring (bicyclic) bond motifs is 1. The highest BCUT2D eigenvalue weighted by atomic mass is 32.2. The van der Waals surface area contributed by atoms with E-state index in [0.29, 0.717) is 23.7 Å². The highest BCUT2D eigenvalue weighted by molar-refractivity contribution is 7.89. The maximum Gasteiger partial charge on any atom is 0.243 e. The Bertz CT molecular complexity index is 960. The van der Waals surface area contributed by atoms with E-state index in [2.05, 4.69) is 17.1 Å². The molecule has 1 aliphatic rings. The van der Waals surface area contributed by atoms with Crippen molar-refractivity contribution in [2.75, 3.05) is 20.2 Å². The van der Waals surface area contributed by atoms with Crippen LogP contribution in [-0.2, 0) is 10.0 Å². The lowest BCUT2D eigenvalue weighted by Crippen LogP contribution is -2.28. The predicted octanol–water partition coefficient (Wildman–Crippen LogP) is 3.35. The molecule has 0 saturated carbocycles. The number of H-pyrrole nitrogens is 1. The van der Waals surface area contributed by atoms with Crippen molar-refractivity contribution >= 4 is 20.9 Å². The lowest BCUT2D eigenvalue weighted by atomic mass is 10.1. The van der Waals surface area contributed by atoms with E-state index in [-0.39, 0.29) is 5.92 Å². The van der Waals surface area contributed by atoms with Crippen LogP contribution in [0.15, 0.2) is 59.5 Å². The minimum absolute atomic E-state index is 0.195. The smallest absolute Gasteiger partial charge is 0.243 e. The van der Waals surface area contributed by atoms with Crippen molar-refractivity contribution in [1.82, 2.24) is 9.29 Å². The zero-order chi connectivity index (χ0) is 17.4. The van der Waals surface area contributed by atoms with Crippen LogP contribution in [0, 0.1) is 0 Å². The van der Waals surface area contributed by atoms with Gasteiger partial charge < -0.3 is 9.72 Å². The zero-order valence-corrected chi connectivity index (χ0v) is 14.8. The summed E-state index contributed by atoms with van der Waals surface area (Å²) < 4.78 is 32.4. The van der Waals surface area contributed by atoms with Crippen LogP contribution in [0.25, 0.3) is 10.9 Å². The molecule has 6 heteroatoms. The first kappa shape index (κ1) is 16.2. The van der Waals surface area contributed by atoms with Crippen LogP contribution in [0.1, 0.15) is 18.0 Å². The van der Waals surface area contributed by atoms with E-state index in [1.54, 1.807) is 35.7 Å². The van der Waals surface area contributed by atoms with Gasteiger partial charge in [-0.2, -0.15) is 4.31 Å². The Morgan fingerprint density at radius 1 is 1.12 bits per heavy atom. The second kappa shape index (κ2) is 6.20. The molecule has 1 atom stereocenters. The van der Waals surface area contributed by atoms with E-state index in [9.17, 15) is 8.42 Å². The van der Waals surface area contributed by atoms with Gasteiger partial charge in [0.05, 0.1) is 12.0 Å². The number of ether oxygens (including phenoxy) is 1. The standard InChI is InChI=1S/C19H20N2O3S/c1-24-16-6-8-17(9-7-16)25(22,23)21-11-10-15(13-21)19-12-14-4-2-3-5-18(14)20-19/h2-9,12,15,20H,10-11,13H2,1H3. The maximum atomic E-state index is 12.9. The second-order valence-corrected chi connectivity index (χ2v) is 8.27. The molecule has 1 fully saturated rings. The largest absolute Gasteiger partial charge is 0.497 e. The van der Waals surface area contributed by atoms with Crippen molar-refractivity contribution in [2.45, 2.75) is 17.2 Å². The summed E-state index contributed by atoms with van der Waals surface area (Å²) in [4.78, 5) is 3.74. The quantitative estimate of drug-likeness (QED) is 0.780. The molecule has 1 unspecified atom stereocenters. The molecule has 0 bridgehead atoms. The van der Waals surface area contributed by atoms with Gasteiger partial charge >= 0.3 is 0 Å². The van der Waals surface area contributed by atoms with Crippen LogP contribution in [0.4, 0.5) is 0 Å². The van der Waals surface area contributed by atoms with E-state index in [4.69, 9.17) is 4.74 Å². The molecule has 2 heterocycles.